The Labute approximate surface area is 184 Å². The molecule has 0 aromatic heterocycles. The molecule has 9 heteroatoms. The zero-order valence-corrected chi connectivity index (χ0v) is 17.4. The molecule has 2 rings (SSSR count). The fourth-order valence-corrected chi connectivity index (χ4v) is 2.37. The molecule has 2 aromatic rings. The van der Waals surface area contributed by atoms with Crippen LogP contribution in [-0.4, -0.2) is 55.4 Å². The Morgan fingerprint density at radius 1 is 0.750 bits per heavy atom. The summed E-state index contributed by atoms with van der Waals surface area (Å²) in [4.78, 5) is 35.2. The van der Waals surface area contributed by atoms with E-state index in [1.165, 1.54) is 50.6 Å². The maximum Gasteiger partial charge on any atom is 0.331 e. The van der Waals surface area contributed by atoms with Gasteiger partial charge in [-0.25, -0.2) is 9.59 Å². The first kappa shape index (κ1) is 24.0. The summed E-state index contributed by atoms with van der Waals surface area (Å²) in [5.41, 5.74) is 1.16. The van der Waals surface area contributed by atoms with E-state index < -0.39 is 30.9 Å². The summed E-state index contributed by atoms with van der Waals surface area (Å²) in [5, 5.41) is 19.1. The molecule has 0 spiro atoms. The van der Waals surface area contributed by atoms with Gasteiger partial charge < -0.3 is 29.2 Å². The van der Waals surface area contributed by atoms with Crippen molar-refractivity contribution in [2.75, 3.05) is 27.4 Å². The maximum absolute atomic E-state index is 11.8. The van der Waals surface area contributed by atoms with E-state index in [1.54, 1.807) is 12.1 Å². The monoisotopic (exact) mass is 442 g/mol. The second kappa shape index (κ2) is 11.8. The van der Waals surface area contributed by atoms with Gasteiger partial charge in [-0.2, -0.15) is 0 Å². The largest absolute Gasteiger partial charge is 0.504 e. The van der Waals surface area contributed by atoms with Gasteiger partial charge in [0.25, 0.3) is 0 Å². The number of carbonyl (C=O) groups excluding carboxylic acids is 3. The number of Topliss-reactive ketones (excluding diaryl/α,β-unsaturated/α-hetero) is 1. The quantitative estimate of drug-likeness (QED) is 0.421. The minimum Gasteiger partial charge on any atom is -0.504 e. The summed E-state index contributed by atoms with van der Waals surface area (Å²) >= 11 is 0. The van der Waals surface area contributed by atoms with Crippen molar-refractivity contribution in [2.24, 2.45) is 0 Å². The Bertz CT molecular complexity index is 956. The number of phenolic OH excluding ortho intramolecular Hbond substituents is 2. The van der Waals surface area contributed by atoms with E-state index in [9.17, 15) is 24.6 Å². The van der Waals surface area contributed by atoms with E-state index in [2.05, 4.69) is 0 Å². The number of methoxy groups -OCH3 is 2. The first-order chi connectivity index (χ1) is 15.3. The highest BCUT2D eigenvalue weighted by Gasteiger charge is 2.09. The molecule has 0 aliphatic carbocycles. The van der Waals surface area contributed by atoms with Crippen LogP contribution in [0.1, 0.15) is 11.1 Å². The predicted octanol–water partition coefficient (Wildman–Crippen LogP) is 2.50. The van der Waals surface area contributed by atoms with E-state index in [-0.39, 0.29) is 23.0 Å². The van der Waals surface area contributed by atoms with Gasteiger partial charge in [-0.3, -0.25) is 4.79 Å². The molecule has 32 heavy (non-hydrogen) atoms. The molecule has 0 heterocycles. The van der Waals surface area contributed by atoms with Crippen LogP contribution in [0.15, 0.2) is 48.6 Å². The number of aromatic hydroxyl groups is 2. The average Bonchev–Trinajstić information content (AvgIpc) is 2.80. The third-order valence-electron chi connectivity index (χ3n) is 3.98. The number of ether oxygens (including phenoxy) is 4. The van der Waals surface area contributed by atoms with Gasteiger partial charge in [0.1, 0.15) is 0 Å². The molecule has 0 fully saturated rings. The standard InChI is InChI=1S/C23H22O9/c1-29-20-11-15(3-7-18(20)25)5-9-22(27)31-13-17(24)14-32-23(28)10-6-16-4-8-19(26)21(12-16)30-2/h3-12,25-26H,13-14H2,1-2H3/b9-5+,10-6+. The van der Waals surface area contributed by atoms with E-state index in [0.717, 1.165) is 12.2 Å². The van der Waals surface area contributed by atoms with Crippen LogP contribution >= 0.6 is 0 Å². The van der Waals surface area contributed by atoms with Crippen LogP contribution < -0.4 is 9.47 Å². The third kappa shape index (κ3) is 7.52. The first-order valence-corrected chi connectivity index (χ1v) is 9.27. The smallest absolute Gasteiger partial charge is 0.331 e. The van der Waals surface area contributed by atoms with Crippen LogP contribution in [0.2, 0.25) is 0 Å². The average molecular weight is 442 g/mol. The Balaban J connectivity index is 1.75. The Morgan fingerprint density at radius 3 is 1.53 bits per heavy atom. The van der Waals surface area contributed by atoms with Gasteiger partial charge in [0, 0.05) is 12.2 Å². The molecule has 0 atom stereocenters. The minimum absolute atomic E-state index is 0.0370. The summed E-state index contributed by atoms with van der Waals surface area (Å²) in [7, 11) is 2.80. The maximum atomic E-state index is 11.8. The Morgan fingerprint density at radius 2 is 1.16 bits per heavy atom. The molecule has 0 saturated heterocycles. The fourth-order valence-electron chi connectivity index (χ4n) is 2.37. The second-order valence-corrected chi connectivity index (χ2v) is 6.28. The molecule has 0 bridgehead atoms. The fraction of sp³-hybridized carbons (Fsp3) is 0.174. The number of ketones is 1. The van der Waals surface area contributed by atoms with Gasteiger partial charge in [-0.15, -0.1) is 0 Å². The van der Waals surface area contributed by atoms with Crippen molar-refractivity contribution < 1.29 is 43.5 Å². The van der Waals surface area contributed by atoms with Crippen LogP contribution in [0.4, 0.5) is 0 Å². The molecule has 0 unspecified atom stereocenters. The molecule has 2 aromatic carbocycles. The van der Waals surface area contributed by atoms with Crippen molar-refractivity contribution in [2.45, 2.75) is 0 Å². The third-order valence-corrected chi connectivity index (χ3v) is 3.98. The van der Waals surface area contributed by atoms with Crippen LogP contribution in [0, 0.1) is 0 Å². The van der Waals surface area contributed by atoms with E-state index in [1.807, 2.05) is 0 Å². The lowest BCUT2D eigenvalue weighted by atomic mass is 10.2. The second-order valence-electron chi connectivity index (χ2n) is 6.28. The lowest BCUT2D eigenvalue weighted by Gasteiger charge is -2.04. The molecule has 0 amide bonds. The van der Waals surface area contributed by atoms with E-state index in [0.29, 0.717) is 11.1 Å². The summed E-state index contributed by atoms with van der Waals surface area (Å²) in [6.07, 6.45) is 5.08. The van der Waals surface area contributed by atoms with Crippen molar-refractivity contribution in [3.8, 4) is 23.0 Å². The van der Waals surface area contributed by atoms with Crippen molar-refractivity contribution >= 4 is 29.9 Å². The van der Waals surface area contributed by atoms with Gasteiger partial charge in [-0.1, -0.05) is 12.1 Å². The van der Waals surface area contributed by atoms with Gasteiger partial charge >= 0.3 is 11.9 Å². The number of carbonyl (C=O) groups is 3. The highest BCUT2D eigenvalue weighted by molar-refractivity contribution is 5.92. The molecule has 168 valence electrons. The van der Waals surface area contributed by atoms with Crippen LogP contribution in [0.5, 0.6) is 23.0 Å². The number of esters is 2. The number of benzene rings is 2. The van der Waals surface area contributed by atoms with Crippen LogP contribution in [0.25, 0.3) is 12.2 Å². The molecule has 9 nitrogen and oxygen atoms in total. The number of hydrogen-bond donors (Lipinski definition) is 2. The summed E-state index contributed by atoms with van der Waals surface area (Å²) in [5.74, 6) is -1.72. The first-order valence-electron chi connectivity index (χ1n) is 9.27. The lowest BCUT2D eigenvalue weighted by Crippen LogP contribution is -2.19. The molecular weight excluding hydrogens is 420 g/mol. The molecule has 0 aliphatic rings. The normalized spacial score (nSPS) is 10.8. The Kier molecular flexibility index (Phi) is 8.85. The van der Waals surface area contributed by atoms with Crippen LogP contribution in [-0.2, 0) is 23.9 Å². The molecule has 0 aliphatic heterocycles. The number of hydrogen-bond acceptors (Lipinski definition) is 9. The topological polar surface area (TPSA) is 129 Å². The van der Waals surface area contributed by atoms with Crippen molar-refractivity contribution in [1.29, 1.82) is 0 Å². The zero-order chi connectivity index (χ0) is 23.5. The van der Waals surface area contributed by atoms with Crippen LogP contribution in [0.3, 0.4) is 0 Å². The van der Waals surface area contributed by atoms with E-state index >= 15 is 0 Å². The lowest BCUT2D eigenvalue weighted by molar-refractivity contribution is -0.148. The zero-order valence-electron chi connectivity index (χ0n) is 17.4. The van der Waals surface area contributed by atoms with Crippen molar-refractivity contribution in [3.63, 3.8) is 0 Å². The minimum atomic E-state index is -0.766. The van der Waals surface area contributed by atoms with Gasteiger partial charge in [0.2, 0.25) is 5.78 Å². The number of phenols is 2. The highest BCUT2D eigenvalue weighted by atomic mass is 16.6. The van der Waals surface area contributed by atoms with Crippen molar-refractivity contribution in [3.05, 3.63) is 59.7 Å². The molecule has 0 radical (unpaired) electrons. The Hall–Kier alpha value is -4.27. The summed E-state index contributed by atoms with van der Waals surface area (Å²) in [6, 6.07) is 8.99. The SMILES string of the molecule is COc1cc(/C=C/C(=O)OCC(=O)COC(=O)/C=C/c2ccc(O)c(OC)c2)ccc1O. The van der Waals surface area contributed by atoms with Gasteiger partial charge in [0.05, 0.1) is 14.2 Å². The van der Waals surface area contributed by atoms with Gasteiger partial charge in [0.15, 0.2) is 36.2 Å². The summed E-state index contributed by atoms with van der Waals surface area (Å²) < 4.78 is 19.5. The predicted molar refractivity (Wildman–Crippen MR) is 114 cm³/mol. The number of rotatable bonds is 10. The van der Waals surface area contributed by atoms with Crippen molar-refractivity contribution in [1.82, 2.24) is 0 Å². The highest BCUT2D eigenvalue weighted by Crippen LogP contribution is 2.27. The molecule has 2 N–H and O–H groups in total. The molecule has 0 saturated carbocycles. The van der Waals surface area contributed by atoms with Gasteiger partial charge in [-0.05, 0) is 47.5 Å². The molecular formula is C23H22O9. The summed E-state index contributed by atoms with van der Waals surface area (Å²) in [6.45, 7) is -1.12. The van der Waals surface area contributed by atoms with E-state index in [4.69, 9.17) is 18.9 Å².